The molecule has 1 unspecified atom stereocenters. The van der Waals surface area contributed by atoms with E-state index in [2.05, 4.69) is 21.2 Å². The van der Waals surface area contributed by atoms with Gasteiger partial charge in [-0.05, 0) is 23.8 Å². The maximum Gasteiger partial charge on any atom is 0.328 e. The fourth-order valence-electron chi connectivity index (χ4n) is 1.34. The molecule has 19 heavy (non-hydrogen) atoms. The van der Waals surface area contributed by atoms with Crippen molar-refractivity contribution in [3.8, 4) is 0 Å². The lowest BCUT2D eigenvalue weighted by Crippen LogP contribution is -2.43. The van der Waals surface area contributed by atoms with E-state index in [-0.39, 0.29) is 6.61 Å². The SMILES string of the molecule is COCC(NC(=O)/C=C/c1cccc(Br)c1)C(=O)O. The smallest absolute Gasteiger partial charge is 0.328 e. The van der Waals surface area contributed by atoms with Crippen molar-refractivity contribution < 1.29 is 19.4 Å². The van der Waals surface area contributed by atoms with Gasteiger partial charge in [0.15, 0.2) is 6.04 Å². The molecule has 0 aromatic heterocycles. The van der Waals surface area contributed by atoms with Crippen LogP contribution in [0.25, 0.3) is 6.08 Å². The number of rotatable bonds is 6. The topological polar surface area (TPSA) is 75.6 Å². The molecule has 0 saturated carbocycles. The van der Waals surface area contributed by atoms with Crippen LogP contribution >= 0.6 is 15.9 Å². The van der Waals surface area contributed by atoms with Gasteiger partial charge in [0, 0.05) is 17.7 Å². The number of halogens is 1. The minimum atomic E-state index is -1.13. The summed E-state index contributed by atoms with van der Waals surface area (Å²) in [6.45, 7) is -0.0776. The molecular weight excluding hydrogens is 314 g/mol. The molecule has 0 spiro atoms. The summed E-state index contributed by atoms with van der Waals surface area (Å²) < 4.78 is 5.62. The fraction of sp³-hybridized carbons (Fsp3) is 0.231. The zero-order valence-electron chi connectivity index (χ0n) is 10.3. The highest BCUT2D eigenvalue weighted by atomic mass is 79.9. The van der Waals surface area contributed by atoms with Gasteiger partial charge in [-0.1, -0.05) is 28.1 Å². The van der Waals surface area contributed by atoms with E-state index in [1.54, 1.807) is 6.08 Å². The Hall–Kier alpha value is -1.66. The second kappa shape index (κ2) is 7.70. The lowest BCUT2D eigenvalue weighted by atomic mass is 10.2. The average Bonchev–Trinajstić information content (AvgIpc) is 2.36. The number of carboxylic acid groups (broad SMARTS) is 1. The van der Waals surface area contributed by atoms with Crippen LogP contribution in [0.1, 0.15) is 5.56 Å². The van der Waals surface area contributed by atoms with Gasteiger partial charge in [-0.2, -0.15) is 0 Å². The lowest BCUT2D eigenvalue weighted by molar-refractivity contribution is -0.142. The van der Waals surface area contributed by atoms with Crippen LogP contribution in [0.15, 0.2) is 34.8 Å². The first-order valence-electron chi connectivity index (χ1n) is 5.49. The van der Waals surface area contributed by atoms with Crippen LogP contribution < -0.4 is 5.32 Å². The number of carbonyl (C=O) groups excluding carboxylic acids is 1. The third-order valence-electron chi connectivity index (χ3n) is 2.22. The Labute approximate surface area is 119 Å². The number of carbonyl (C=O) groups is 2. The lowest BCUT2D eigenvalue weighted by Gasteiger charge is -2.11. The second-order valence-electron chi connectivity index (χ2n) is 3.74. The van der Waals surface area contributed by atoms with E-state index >= 15 is 0 Å². The standard InChI is InChI=1S/C13H14BrNO4/c1-19-8-11(13(17)18)15-12(16)6-5-9-3-2-4-10(14)7-9/h2-7,11H,8H2,1H3,(H,15,16)(H,17,18)/b6-5+. The number of benzene rings is 1. The zero-order chi connectivity index (χ0) is 14.3. The molecule has 5 nitrogen and oxygen atoms in total. The van der Waals surface area contributed by atoms with Crippen molar-refractivity contribution in [2.45, 2.75) is 6.04 Å². The molecule has 1 aromatic carbocycles. The molecule has 1 atom stereocenters. The zero-order valence-corrected chi connectivity index (χ0v) is 11.9. The van der Waals surface area contributed by atoms with Crippen molar-refractivity contribution in [1.29, 1.82) is 0 Å². The van der Waals surface area contributed by atoms with Gasteiger partial charge in [0.1, 0.15) is 0 Å². The maximum absolute atomic E-state index is 11.6. The largest absolute Gasteiger partial charge is 0.480 e. The van der Waals surface area contributed by atoms with Crippen molar-refractivity contribution in [1.82, 2.24) is 5.32 Å². The van der Waals surface area contributed by atoms with Crippen molar-refractivity contribution in [2.24, 2.45) is 0 Å². The molecule has 1 aromatic rings. The van der Waals surface area contributed by atoms with E-state index in [4.69, 9.17) is 9.84 Å². The van der Waals surface area contributed by atoms with E-state index in [0.717, 1.165) is 10.0 Å². The van der Waals surface area contributed by atoms with Crippen molar-refractivity contribution in [2.75, 3.05) is 13.7 Å². The van der Waals surface area contributed by atoms with Crippen molar-refractivity contribution >= 4 is 33.9 Å². The first-order valence-corrected chi connectivity index (χ1v) is 6.28. The quantitative estimate of drug-likeness (QED) is 0.779. The van der Waals surface area contributed by atoms with Crippen molar-refractivity contribution in [3.05, 3.63) is 40.4 Å². The van der Waals surface area contributed by atoms with Crippen molar-refractivity contribution in [3.63, 3.8) is 0 Å². The molecule has 0 bridgehead atoms. The fourth-order valence-corrected chi connectivity index (χ4v) is 1.76. The van der Waals surface area contributed by atoms with Gasteiger partial charge in [0.05, 0.1) is 6.61 Å². The molecule has 0 saturated heterocycles. The number of carboxylic acids is 1. The van der Waals surface area contributed by atoms with Gasteiger partial charge < -0.3 is 15.2 Å². The minimum absolute atomic E-state index is 0.0776. The van der Waals surface area contributed by atoms with Crippen LogP contribution in [0.2, 0.25) is 0 Å². The van der Waals surface area contributed by atoms with Gasteiger partial charge in [-0.15, -0.1) is 0 Å². The predicted molar refractivity (Wildman–Crippen MR) is 74.6 cm³/mol. The molecule has 0 aliphatic rings. The number of ether oxygens (including phenoxy) is 1. The summed E-state index contributed by atoms with van der Waals surface area (Å²) >= 11 is 3.32. The van der Waals surface area contributed by atoms with Crippen LogP contribution in [0.5, 0.6) is 0 Å². The molecule has 2 N–H and O–H groups in total. The molecule has 0 aliphatic heterocycles. The predicted octanol–water partition coefficient (Wildman–Crippen LogP) is 1.68. The molecule has 102 valence electrons. The van der Waals surface area contributed by atoms with Gasteiger partial charge >= 0.3 is 5.97 Å². The summed E-state index contributed by atoms with van der Waals surface area (Å²) in [7, 11) is 1.37. The van der Waals surface area contributed by atoms with Gasteiger partial charge in [0.2, 0.25) is 5.91 Å². The summed E-state index contributed by atoms with van der Waals surface area (Å²) in [4.78, 5) is 22.4. The Morgan fingerprint density at radius 1 is 1.53 bits per heavy atom. The number of methoxy groups -OCH3 is 1. The van der Waals surface area contributed by atoms with E-state index < -0.39 is 17.9 Å². The van der Waals surface area contributed by atoms with Gasteiger partial charge in [0.25, 0.3) is 0 Å². The summed E-state index contributed by atoms with van der Waals surface area (Å²) in [6.07, 6.45) is 2.89. The third-order valence-corrected chi connectivity index (χ3v) is 2.72. The van der Waals surface area contributed by atoms with Crippen LogP contribution in [0, 0.1) is 0 Å². The molecule has 0 fully saturated rings. The van der Waals surface area contributed by atoms with E-state index in [1.807, 2.05) is 24.3 Å². The summed E-state index contributed by atoms with van der Waals surface area (Å²) in [5, 5.41) is 11.2. The number of amides is 1. The molecule has 1 rings (SSSR count). The summed E-state index contributed by atoms with van der Waals surface area (Å²) in [5.74, 6) is -1.62. The summed E-state index contributed by atoms with van der Waals surface area (Å²) in [6, 6.07) is 6.33. The average molecular weight is 328 g/mol. The van der Waals surface area contributed by atoms with Gasteiger partial charge in [-0.3, -0.25) is 4.79 Å². The van der Waals surface area contributed by atoms with Crippen LogP contribution in [-0.2, 0) is 14.3 Å². The van der Waals surface area contributed by atoms with E-state index in [1.165, 1.54) is 13.2 Å². The third kappa shape index (κ3) is 5.67. The summed E-state index contributed by atoms with van der Waals surface area (Å²) in [5.41, 5.74) is 0.836. The molecule has 0 aliphatic carbocycles. The Morgan fingerprint density at radius 2 is 2.26 bits per heavy atom. The number of aliphatic carboxylic acids is 1. The van der Waals surface area contributed by atoms with Gasteiger partial charge in [-0.25, -0.2) is 4.79 Å². The number of nitrogens with one attached hydrogen (secondary N) is 1. The Balaban J connectivity index is 2.61. The first kappa shape index (κ1) is 15.4. The Morgan fingerprint density at radius 3 is 2.84 bits per heavy atom. The highest BCUT2D eigenvalue weighted by Gasteiger charge is 2.18. The molecule has 0 heterocycles. The highest BCUT2D eigenvalue weighted by Crippen LogP contribution is 2.12. The molecule has 1 amide bonds. The van der Waals surface area contributed by atoms with E-state index in [9.17, 15) is 9.59 Å². The van der Waals surface area contributed by atoms with Crippen LogP contribution in [0.4, 0.5) is 0 Å². The molecule has 0 radical (unpaired) electrons. The molecule has 6 heteroatoms. The van der Waals surface area contributed by atoms with E-state index in [0.29, 0.717) is 0 Å². The molecular formula is C13H14BrNO4. The monoisotopic (exact) mass is 327 g/mol. The normalized spacial score (nSPS) is 12.3. The number of hydrogen-bond donors (Lipinski definition) is 2. The maximum atomic E-state index is 11.6. The second-order valence-corrected chi connectivity index (χ2v) is 4.66. The highest BCUT2D eigenvalue weighted by molar-refractivity contribution is 9.10. The Bertz CT molecular complexity index is 487. The van der Waals surface area contributed by atoms with Crippen LogP contribution in [-0.4, -0.2) is 36.7 Å². The Kier molecular flexibility index (Phi) is 6.24. The first-order chi connectivity index (χ1) is 9.02. The minimum Gasteiger partial charge on any atom is -0.480 e. The number of hydrogen-bond acceptors (Lipinski definition) is 3. The van der Waals surface area contributed by atoms with Crippen LogP contribution in [0.3, 0.4) is 0 Å².